The monoisotopic (exact) mass is 250 g/mol. The predicted molar refractivity (Wildman–Crippen MR) is 69.2 cm³/mol. The van der Waals surface area contributed by atoms with E-state index >= 15 is 0 Å². The van der Waals surface area contributed by atoms with Gasteiger partial charge >= 0.3 is 5.97 Å². The van der Waals surface area contributed by atoms with Crippen molar-refractivity contribution in [2.45, 2.75) is 19.8 Å². The Labute approximate surface area is 106 Å². The Morgan fingerprint density at radius 2 is 1.94 bits per heavy atom. The maximum Gasteiger partial charge on any atom is 0.303 e. The van der Waals surface area contributed by atoms with Gasteiger partial charge in [-0.15, -0.1) is 0 Å². The summed E-state index contributed by atoms with van der Waals surface area (Å²) in [7, 11) is 0. The number of aliphatic carboxylic acids is 1. The molecule has 1 unspecified atom stereocenters. The fraction of sp³-hybridized carbons (Fsp3) is 0.385. The summed E-state index contributed by atoms with van der Waals surface area (Å²) in [5, 5.41) is 11.4. The van der Waals surface area contributed by atoms with Crippen LogP contribution in [0.3, 0.4) is 0 Å². The molecule has 0 saturated carbocycles. The first-order valence-electron chi connectivity index (χ1n) is 5.88. The van der Waals surface area contributed by atoms with Crippen LogP contribution < -0.4 is 11.1 Å². The lowest BCUT2D eigenvalue weighted by Gasteiger charge is -2.13. The first kappa shape index (κ1) is 14.0. The number of anilines is 1. The molecule has 98 valence electrons. The molecule has 1 atom stereocenters. The molecule has 0 aliphatic heterocycles. The van der Waals surface area contributed by atoms with Crippen molar-refractivity contribution in [1.82, 2.24) is 5.32 Å². The van der Waals surface area contributed by atoms with Gasteiger partial charge in [0.2, 0.25) is 0 Å². The highest BCUT2D eigenvalue weighted by molar-refractivity contribution is 5.94. The highest BCUT2D eigenvalue weighted by Gasteiger charge is 2.13. The van der Waals surface area contributed by atoms with Gasteiger partial charge in [0, 0.05) is 24.2 Å². The van der Waals surface area contributed by atoms with Crippen molar-refractivity contribution >= 4 is 17.6 Å². The largest absolute Gasteiger partial charge is 0.481 e. The molecule has 0 bridgehead atoms. The van der Waals surface area contributed by atoms with Crippen molar-refractivity contribution in [2.75, 3.05) is 12.3 Å². The normalized spacial score (nSPS) is 11.8. The smallest absolute Gasteiger partial charge is 0.303 e. The molecule has 1 rings (SSSR count). The third-order valence-corrected chi connectivity index (χ3v) is 2.76. The number of hydrogen-bond donors (Lipinski definition) is 3. The number of rotatable bonds is 6. The lowest BCUT2D eigenvalue weighted by Crippen LogP contribution is -2.30. The molecule has 18 heavy (non-hydrogen) atoms. The molecule has 0 aliphatic carbocycles. The summed E-state index contributed by atoms with van der Waals surface area (Å²) in [6, 6.07) is 6.60. The van der Waals surface area contributed by atoms with Gasteiger partial charge in [0.15, 0.2) is 0 Å². The zero-order valence-electron chi connectivity index (χ0n) is 10.3. The Kier molecular flexibility index (Phi) is 5.17. The lowest BCUT2D eigenvalue weighted by molar-refractivity contribution is -0.138. The fourth-order valence-electron chi connectivity index (χ4n) is 1.58. The van der Waals surface area contributed by atoms with Crippen LogP contribution in [-0.2, 0) is 4.79 Å². The molecule has 0 aliphatic rings. The number of carboxylic acid groups (broad SMARTS) is 1. The first-order valence-corrected chi connectivity index (χ1v) is 5.88. The standard InChI is InChI=1S/C13H18N2O3/c1-2-9(7-12(16)17)8-15-13(18)10-3-5-11(14)6-4-10/h3-6,9H,2,7-8,14H2,1H3,(H,15,18)(H,16,17). The molecule has 0 saturated heterocycles. The summed E-state index contributed by atoms with van der Waals surface area (Å²) in [6.45, 7) is 2.27. The van der Waals surface area contributed by atoms with E-state index < -0.39 is 5.97 Å². The second-order valence-electron chi connectivity index (χ2n) is 4.20. The number of benzene rings is 1. The maximum absolute atomic E-state index is 11.8. The Hall–Kier alpha value is -2.04. The van der Waals surface area contributed by atoms with E-state index in [9.17, 15) is 9.59 Å². The number of amides is 1. The minimum atomic E-state index is -0.844. The number of carbonyl (C=O) groups is 2. The summed E-state index contributed by atoms with van der Waals surface area (Å²) in [4.78, 5) is 22.4. The topological polar surface area (TPSA) is 92.4 Å². The van der Waals surface area contributed by atoms with Crippen LogP contribution in [0.25, 0.3) is 0 Å². The lowest BCUT2D eigenvalue weighted by atomic mass is 10.0. The van der Waals surface area contributed by atoms with Crippen LogP contribution in [0.2, 0.25) is 0 Å². The summed E-state index contributed by atoms with van der Waals surface area (Å²) in [5.41, 5.74) is 6.65. The average molecular weight is 250 g/mol. The number of carboxylic acids is 1. The van der Waals surface area contributed by atoms with Crippen molar-refractivity contribution in [3.05, 3.63) is 29.8 Å². The molecule has 0 aromatic heterocycles. The molecule has 1 aromatic carbocycles. The number of nitrogen functional groups attached to an aromatic ring is 1. The zero-order chi connectivity index (χ0) is 13.5. The summed E-state index contributed by atoms with van der Waals surface area (Å²) < 4.78 is 0. The molecule has 0 radical (unpaired) electrons. The van der Waals surface area contributed by atoms with E-state index in [-0.39, 0.29) is 18.2 Å². The van der Waals surface area contributed by atoms with Crippen LogP contribution >= 0.6 is 0 Å². The Bertz CT molecular complexity index is 415. The second kappa shape index (κ2) is 6.64. The van der Waals surface area contributed by atoms with Gasteiger partial charge in [-0.1, -0.05) is 13.3 Å². The van der Waals surface area contributed by atoms with E-state index in [1.165, 1.54) is 0 Å². The van der Waals surface area contributed by atoms with Crippen LogP contribution in [0.1, 0.15) is 30.1 Å². The van der Waals surface area contributed by atoms with Gasteiger partial charge < -0.3 is 16.2 Å². The third kappa shape index (κ3) is 4.45. The number of hydrogen-bond acceptors (Lipinski definition) is 3. The van der Waals surface area contributed by atoms with Crippen molar-refractivity contribution in [3.8, 4) is 0 Å². The van der Waals surface area contributed by atoms with Crippen LogP contribution in [0.4, 0.5) is 5.69 Å². The molecule has 0 heterocycles. The average Bonchev–Trinajstić information content (AvgIpc) is 2.34. The Balaban J connectivity index is 2.49. The van der Waals surface area contributed by atoms with Gasteiger partial charge in [0.25, 0.3) is 5.91 Å². The summed E-state index contributed by atoms with van der Waals surface area (Å²) >= 11 is 0. The third-order valence-electron chi connectivity index (χ3n) is 2.76. The highest BCUT2D eigenvalue weighted by Crippen LogP contribution is 2.08. The number of nitrogens with one attached hydrogen (secondary N) is 1. The van der Waals surface area contributed by atoms with Crippen LogP contribution in [0, 0.1) is 5.92 Å². The van der Waals surface area contributed by atoms with Crippen LogP contribution in [0.15, 0.2) is 24.3 Å². The maximum atomic E-state index is 11.8. The minimum absolute atomic E-state index is 0.0415. The predicted octanol–water partition coefficient (Wildman–Crippen LogP) is 1.50. The van der Waals surface area contributed by atoms with Crippen LogP contribution in [-0.4, -0.2) is 23.5 Å². The van der Waals surface area contributed by atoms with Crippen molar-refractivity contribution in [3.63, 3.8) is 0 Å². The van der Waals surface area contributed by atoms with Gasteiger partial charge in [-0.2, -0.15) is 0 Å². The number of carbonyl (C=O) groups excluding carboxylic acids is 1. The molecule has 5 heteroatoms. The molecule has 1 aromatic rings. The fourth-order valence-corrected chi connectivity index (χ4v) is 1.58. The van der Waals surface area contributed by atoms with E-state index in [1.54, 1.807) is 24.3 Å². The molecular weight excluding hydrogens is 232 g/mol. The van der Waals surface area contributed by atoms with E-state index in [2.05, 4.69) is 5.32 Å². The van der Waals surface area contributed by atoms with E-state index in [1.807, 2.05) is 6.92 Å². The minimum Gasteiger partial charge on any atom is -0.481 e. The molecule has 1 amide bonds. The molecular formula is C13H18N2O3. The van der Waals surface area contributed by atoms with Crippen molar-refractivity contribution in [1.29, 1.82) is 0 Å². The first-order chi connectivity index (χ1) is 8.52. The van der Waals surface area contributed by atoms with E-state index in [0.717, 1.165) is 0 Å². The van der Waals surface area contributed by atoms with Gasteiger partial charge in [-0.3, -0.25) is 9.59 Å². The number of nitrogens with two attached hydrogens (primary N) is 1. The molecule has 0 fully saturated rings. The second-order valence-corrected chi connectivity index (χ2v) is 4.20. The van der Waals surface area contributed by atoms with E-state index in [4.69, 9.17) is 10.8 Å². The SMILES string of the molecule is CCC(CNC(=O)c1ccc(N)cc1)CC(=O)O. The van der Waals surface area contributed by atoms with Gasteiger partial charge in [0.1, 0.15) is 0 Å². The highest BCUT2D eigenvalue weighted by atomic mass is 16.4. The molecule has 4 N–H and O–H groups in total. The van der Waals surface area contributed by atoms with Gasteiger partial charge in [-0.05, 0) is 30.2 Å². The summed E-state index contributed by atoms with van der Waals surface area (Å²) in [5.74, 6) is -1.09. The Morgan fingerprint density at radius 1 is 1.33 bits per heavy atom. The van der Waals surface area contributed by atoms with Crippen LogP contribution in [0.5, 0.6) is 0 Å². The van der Waals surface area contributed by atoms with E-state index in [0.29, 0.717) is 24.2 Å². The quantitative estimate of drug-likeness (QED) is 0.667. The van der Waals surface area contributed by atoms with Crippen molar-refractivity contribution in [2.24, 2.45) is 5.92 Å². The summed E-state index contributed by atoms with van der Waals surface area (Å²) in [6.07, 6.45) is 0.785. The van der Waals surface area contributed by atoms with Crippen molar-refractivity contribution < 1.29 is 14.7 Å². The Morgan fingerprint density at radius 3 is 2.44 bits per heavy atom. The van der Waals surface area contributed by atoms with Gasteiger partial charge in [-0.25, -0.2) is 0 Å². The molecule has 0 spiro atoms. The van der Waals surface area contributed by atoms with Gasteiger partial charge in [0.05, 0.1) is 0 Å². The zero-order valence-corrected chi connectivity index (χ0v) is 10.3. The molecule has 5 nitrogen and oxygen atoms in total.